The molecular weight excluding hydrogens is 270 g/mol. The Morgan fingerprint density at radius 3 is 2.81 bits per heavy atom. The lowest BCUT2D eigenvalue weighted by molar-refractivity contribution is 0.0270. The van der Waals surface area contributed by atoms with E-state index in [0.717, 1.165) is 11.2 Å². The summed E-state index contributed by atoms with van der Waals surface area (Å²) in [6.07, 6.45) is -0.569. The first kappa shape index (κ1) is 13.4. The number of hydrogen-bond acceptors (Lipinski definition) is 5. The quantitative estimate of drug-likeness (QED) is 0.692. The fourth-order valence-corrected chi connectivity index (χ4v) is 2.14. The molecule has 0 aliphatic rings. The minimum Gasteiger partial charge on any atom is -0.448 e. The summed E-state index contributed by atoms with van der Waals surface area (Å²) in [5.41, 5.74) is 2.58. The summed E-state index contributed by atoms with van der Waals surface area (Å²) in [6, 6.07) is 9.10. The van der Waals surface area contributed by atoms with Crippen molar-refractivity contribution in [2.75, 3.05) is 0 Å². The molecule has 3 aromatic rings. The van der Waals surface area contributed by atoms with Gasteiger partial charge in [0.2, 0.25) is 5.89 Å². The Morgan fingerprint density at radius 1 is 1.38 bits per heavy atom. The number of aryl methyl sites for hydroxylation is 2. The Bertz CT molecular complexity index is 770. The van der Waals surface area contributed by atoms with E-state index >= 15 is 0 Å². The van der Waals surface area contributed by atoms with Crippen LogP contribution in [0.15, 0.2) is 34.7 Å². The van der Waals surface area contributed by atoms with Crippen LogP contribution in [0.2, 0.25) is 0 Å². The molecule has 0 N–H and O–H groups in total. The number of carbonyl (C=O) groups excluding carboxylic acids is 1. The smallest absolute Gasteiger partial charge is 0.357 e. The van der Waals surface area contributed by atoms with Crippen molar-refractivity contribution >= 4 is 17.1 Å². The van der Waals surface area contributed by atoms with E-state index in [1.807, 2.05) is 31.2 Å². The Kier molecular flexibility index (Phi) is 3.21. The molecule has 0 saturated carbocycles. The molecule has 108 valence electrons. The van der Waals surface area contributed by atoms with Crippen molar-refractivity contribution in [2.24, 2.45) is 7.05 Å². The van der Waals surface area contributed by atoms with Crippen LogP contribution in [-0.4, -0.2) is 20.7 Å². The highest BCUT2D eigenvalue weighted by molar-refractivity contribution is 5.87. The number of carbonyl (C=O) groups is 1. The van der Waals surface area contributed by atoms with E-state index in [9.17, 15) is 4.79 Å². The first-order valence-corrected chi connectivity index (χ1v) is 6.61. The number of ether oxygens (including phenoxy) is 1. The van der Waals surface area contributed by atoms with Crippen molar-refractivity contribution in [3.05, 3.63) is 47.6 Å². The minimum atomic E-state index is -0.569. The maximum atomic E-state index is 12.1. The Hall–Kier alpha value is -2.63. The standard InChI is InChI=1S/C15H15N3O3/c1-9-8-12(18(3)17-9)15(19)20-10(2)14-16-11-6-4-5-7-13(11)21-14/h4-8,10H,1-3H3. The highest BCUT2D eigenvalue weighted by Gasteiger charge is 2.21. The maximum Gasteiger partial charge on any atom is 0.357 e. The minimum absolute atomic E-state index is 0.378. The van der Waals surface area contributed by atoms with Crippen molar-refractivity contribution in [1.29, 1.82) is 0 Å². The van der Waals surface area contributed by atoms with Gasteiger partial charge in [-0.1, -0.05) is 12.1 Å². The molecule has 21 heavy (non-hydrogen) atoms. The molecule has 0 amide bonds. The molecular formula is C15H15N3O3. The average molecular weight is 285 g/mol. The molecule has 2 aromatic heterocycles. The molecule has 1 unspecified atom stereocenters. The molecule has 0 radical (unpaired) electrons. The predicted molar refractivity (Wildman–Crippen MR) is 75.8 cm³/mol. The van der Waals surface area contributed by atoms with E-state index < -0.39 is 12.1 Å². The molecule has 0 aliphatic heterocycles. The van der Waals surface area contributed by atoms with Crippen molar-refractivity contribution < 1.29 is 13.9 Å². The van der Waals surface area contributed by atoms with Gasteiger partial charge < -0.3 is 9.15 Å². The van der Waals surface area contributed by atoms with Gasteiger partial charge in [-0.25, -0.2) is 9.78 Å². The number of hydrogen-bond donors (Lipinski definition) is 0. The Labute approximate surface area is 121 Å². The normalized spacial score (nSPS) is 12.5. The summed E-state index contributed by atoms with van der Waals surface area (Å²) in [6.45, 7) is 3.55. The van der Waals surface area contributed by atoms with Crippen LogP contribution < -0.4 is 0 Å². The van der Waals surface area contributed by atoms with Gasteiger partial charge in [-0.2, -0.15) is 5.10 Å². The van der Waals surface area contributed by atoms with Gasteiger partial charge in [0.15, 0.2) is 11.7 Å². The number of fused-ring (bicyclic) bond motifs is 1. The van der Waals surface area contributed by atoms with Gasteiger partial charge in [0.25, 0.3) is 0 Å². The molecule has 6 heteroatoms. The summed E-state index contributed by atoms with van der Waals surface area (Å²) < 4.78 is 12.5. The highest BCUT2D eigenvalue weighted by atomic mass is 16.6. The van der Waals surface area contributed by atoms with Crippen LogP contribution in [0.4, 0.5) is 0 Å². The summed E-state index contributed by atoms with van der Waals surface area (Å²) >= 11 is 0. The monoisotopic (exact) mass is 285 g/mol. The third-order valence-electron chi connectivity index (χ3n) is 3.15. The lowest BCUT2D eigenvalue weighted by Crippen LogP contribution is -2.13. The summed E-state index contributed by atoms with van der Waals surface area (Å²) in [7, 11) is 1.70. The van der Waals surface area contributed by atoms with Crippen LogP contribution in [0.25, 0.3) is 11.1 Å². The second-order valence-electron chi connectivity index (χ2n) is 4.86. The molecule has 0 bridgehead atoms. The molecule has 1 aromatic carbocycles. The number of benzene rings is 1. The largest absolute Gasteiger partial charge is 0.448 e. The zero-order valence-electron chi connectivity index (χ0n) is 12.0. The van der Waals surface area contributed by atoms with E-state index in [1.165, 1.54) is 4.68 Å². The van der Waals surface area contributed by atoms with Crippen LogP contribution in [0, 0.1) is 6.92 Å². The van der Waals surface area contributed by atoms with Gasteiger partial charge in [-0.05, 0) is 32.0 Å². The fraction of sp³-hybridized carbons (Fsp3) is 0.267. The van der Waals surface area contributed by atoms with Crippen LogP contribution in [-0.2, 0) is 11.8 Å². The third-order valence-corrected chi connectivity index (χ3v) is 3.15. The Balaban J connectivity index is 1.81. The second kappa shape index (κ2) is 5.05. The van der Waals surface area contributed by atoms with Crippen molar-refractivity contribution in [3.63, 3.8) is 0 Å². The molecule has 0 saturated heterocycles. The number of nitrogens with zero attached hydrogens (tertiary/aromatic N) is 3. The molecule has 0 fully saturated rings. The number of aromatic nitrogens is 3. The molecule has 3 rings (SSSR count). The summed E-state index contributed by atoms with van der Waals surface area (Å²) in [4.78, 5) is 16.4. The van der Waals surface area contributed by atoms with E-state index in [4.69, 9.17) is 9.15 Å². The van der Waals surface area contributed by atoms with Crippen LogP contribution in [0.3, 0.4) is 0 Å². The van der Waals surface area contributed by atoms with Gasteiger partial charge in [-0.3, -0.25) is 4.68 Å². The topological polar surface area (TPSA) is 70.2 Å². The van der Waals surface area contributed by atoms with Gasteiger partial charge in [-0.15, -0.1) is 0 Å². The lowest BCUT2D eigenvalue weighted by atomic mass is 10.3. The third kappa shape index (κ3) is 2.52. The number of rotatable bonds is 3. The molecule has 6 nitrogen and oxygen atoms in total. The maximum absolute atomic E-state index is 12.1. The first-order chi connectivity index (χ1) is 10.0. The number of esters is 1. The summed E-state index contributed by atoms with van der Waals surface area (Å²) in [5, 5.41) is 4.12. The fourth-order valence-electron chi connectivity index (χ4n) is 2.14. The van der Waals surface area contributed by atoms with Gasteiger partial charge >= 0.3 is 5.97 Å². The molecule has 0 aliphatic carbocycles. The van der Waals surface area contributed by atoms with Crippen LogP contribution in [0.1, 0.15) is 35.1 Å². The van der Waals surface area contributed by atoms with E-state index in [0.29, 0.717) is 17.2 Å². The van der Waals surface area contributed by atoms with Crippen LogP contribution >= 0.6 is 0 Å². The lowest BCUT2D eigenvalue weighted by Gasteiger charge is -2.09. The molecule has 1 atom stereocenters. The van der Waals surface area contributed by atoms with E-state index in [-0.39, 0.29) is 0 Å². The SMILES string of the molecule is Cc1cc(C(=O)OC(C)c2nc3ccccc3o2)n(C)n1. The van der Waals surface area contributed by atoms with E-state index in [2.05, 4.69) is 10.1 Å². The zero-order valence-corrected chi connectivity index (χ0v) is 12.0. The van der Waals surface area contributed by atoms with E-state index in [1.54, 1.807) is 20.0 Å². The second-order valence-corrected chi connectivity index (χ2v) is 4.86. The highest BCUT2D eigenvalue weighted by Crippen LogP contribution is 2.23. The number of oxazole rings is 1. The predicted octanol–water partition coefficient (Wildman–Crippen LogP) is 2.79. The van der Waals surface area contributed by atoms with Gasteiger partial charge in [0.1, 0.15) is 11.2 Å². The zero-order chi connectivity index (χ0) is 15.0. The first-order valence-electron chi connectivity index (χ1n) is 6.61. The van der Waals surface area contributed by atoms with Crippen molar-refractivity contribution in [2.45, 2.75) is 20.0 Å². The Morgan fingerprint density at radius 2 is 2.14 bits per heavy atom. The van der Waals surface area contributed by atoms with Gasteiger partial charge in [0.05, 0.1) is 5.69 Å². The summed E-state index contributed by atoms with van der Waals surface area (Å²) in [5.74, 6) is -0.0729. The van der Waals surface area contributed by atoms with Crippen molar-refractivity contribution in [1.82, 2.24) is 14.8 Å². The van der Waals surface area contributed by atoms with Gasteiger partial charge in [0, 0.05) is 7.05 Å². The molecule has 2 heterocycles. The molecule has 0 spiro atoms. The average Bonchev–Trinajstić information content (AvgIpc) is 3.01. The van der Waals surface area contributed by atoms with Crippen molar-refractivity contribution in [3.8, 4) is 0 Å². The van der Waals surface area contributed by atoms with Crippen LogP contribution in [0.5, 0.6) is 0 Å². The number of para-hydroxylation sites is 2.